The third-order valence-corrected chi connectivity index (χ3v) is 3.46. The number of hydrogen-bond donors (Lipinski definition) is 1. The van der Waals surface area contributed by atoms with Gasteiger partial charge >= 0.3 is 0 Å². The minimum atomic E-state index is -0.330. The standard InChI is InChI=1S/C14H19BrN2O/c1-14(2,10-16)6-7-18-12-4-5-13(15)11(8-12)9-17-3/h4-5,8,17H,6-7,9H2,1-3H3. The molecule has 0 saturated carbocycles. The van der Waals surface area contributed by atoms with Gasteiger partial charge in [-0.3, -0.25) is 0 Å². The maximum atomic E-state index is 8.92. The van der Waals surface area contributed by atoms with Crippen LogP contribution in [0.1, 0.15) is 25.8 Å². The highest BCUT2D eigenvalue weighted by atomic mass is 79.9. The molecule has 0 bridgehead atoms. The summed E-state index contributed by atoms with van der Waals surface area (Å²) in [6.07, 6.45) is 0.723. The molecule has 0 aliphatic carbocycles. The Morgan fingerprint density at radius 2 is 2.17 bits per heavy atom. The minimum Gasteiger partial charge on any atom is -0.494 e. The molecule has 0 saturated heterocycles. The molecule has 0 aliphatic heterocycles. The molecule has 0 fully saturated rings. The van der Waals surface area contributed by atoms with E-state index in [-0.39, 0.29) is 5.41 Å². The van der Waals surface area contributed by atoms with Gasteiger partial charge in [-0.05, 0) is 51.1 Å². The molecule has 4 heteroatoms. The van der Waals surface area contributed by atoms with Gasteiger partial charge in [-0.1, -0.05) is 15.9 Å². The van der Waals surface area contributed by atoms with Crippen LogP contribution in [0.5, 0.6) is 5.75 Å². The summed E-state index contributed by atoms with van der Waals surface area (Å²) < 4.78 is 6.76. The molecular weight excluding hydrogens is 292 g/mol. The van der Waals surface area contributed by atoms with Gasteiger partial charge in [0.2, 0.25) is 0 Å². The lowest BCUT2D eigenvalue weighted by atomic mass is 9.92. The van der Waals surface area contributed by atoms with Crippen LogP contribution in [0.2, 0.25) is 0 Å². The molecule has 0 atom stereocenters. The number of ether oxygens (including phenoxy) is 1. The van der Waals surface area contributed by atoms with Crippen molar-refractivity contribution in [2.75, 3.05) is 13.7 Å². The van der Waals surface area contributed by atoms with Gasteiger partial charge in [-0.2, -0.15) is 5.26 Å². The molecule has 0 aliphatic rings. The second kappa shape index (κ2) is 6.77. The lowest BCUT2D eigenvalue weighted by Gasteiger charge is -2.15. The molecule has 0 spiro atoms. The van der Waals surface area contributed by atoms with Crippen LogP contribution in [0.25, 0.3) is 0 Å². The van der Waals surface area contributed by atoms with Crippen LogP contribution >= 0.6 is 15.9 Å². The van der Waals surface area contributed by atoms with Crippen molar-refractivity contribution >= 4 is 15.9 Å². The predicted molar refractivity (Wildman–Crippen MR) is 76.4 cm³/mol. The van der Waals surface area contributed by atoms with E-state index in [4.69, 9.17) is 10.00 Å². The van der Waals surface area contributed by atoms with Crippen molar-refractivity contribution in [2.45, 2.75) is 26.8 Å². The van der Waals surface area contributed by atoms with Gasteiger partial charge in [0.1, 0.15) is 5.75 Å². The van der Waals surface area contributed by atoms with Gasteiger partial charge in [-0.25, -0.2) is 0 Å². The van der Waals surface area contributed by atoms with Gasteiger partial charge in [-0.15, -0.1) is 0 Å². The normalized spacial score (nSPS) is 11.1. The molecule has 98 valence electrons. The fourth-order valence-corrected chi connectivity index (χ4v) is 1.83. The fourth-order valence-electron chi connectivity index (χ4n) is 1.45. The van der Waals surface area contributed by atoms with Crippen LogP contribution in [0.4, 0.5) is 0 Å². The Morgan fingerprint density at radius 1 is 1.44 bits per heavy atom. The van der Waals surface area contributed by atoms with Crippen LogP contribution in [0, 0.1) is 16.7 Å². The first-order valence-corrected chi connectivity index (χ1v) is 6.75. The smallest absolute Gasteiger partial charge is 0.119 e. The Bertz CT molecular complexity index is 438. The molecule has 0 radical (unpaired) electrons. The summed E-state index contributed by atoms with van der Waals surface area (Å²) in [5, 5.41) is 12.0. The zero-order valence-electron chi connectivity index (χ0n) is 11.1. The fraction of sp³-hybridized carbons (Fsp3) is 0.500. The van der Waals surface area contributed by atoms with Crippen molar-refractivity contribution in [3.05, 3.63) is 28.2 Å². The third kappa shape index (κ3) is 4.67. The van der Waals surface area contributed by atoms with Gasteiger partial charge in [0, 0.05) is 11.0 Å². The first-order valence-electron chi connectivity index (χ1n) is 5.95. The largest absolute Gasteiger partial charge is 0.494 e. The Hall–Kier alpha value is -1.05. The summed E-state index contributed by atoms with van der Waals surface area (Å²) in [4.78, 5) is 0. The number of nitriles is 1. The molecule has 1 aromatic carbocycles. The van der Waals surface area contributed by atoms with Crippen molar-refractivity contribution in [3.8, 4) is 11.8 Å². The van der Waals surface area contributed by atoms with E-state index < -0.39 is 0 Å². The monoisotopic (exact) mass is 310 g/mol. The molecule has 1 N–H and O–H groups in total. The van der Waals surface area contributed by atoms with Crippen LogP contribution < -0.4 is 10.1 Å². The predicted octanol–water partition coefficient (Wildman–Crippen LogP) is 3.49. The molecule has 0 unspecified atom stereocenters. The number of halogens is 1. The minimum absolute atomic E-state index is 0.330. The van der Waals surface area contributed by atoms with Crippen LogP contribution in [0.15, 0.2) is 22.7 Å². The average Bonchev–Trinajstić information content (AvgIpc) is 2.33. The van der Waals surface area contributed by atoms with Crippen molar-refractivity contribution in [3.63, 3.8) is 0 Å². The Balaban J connectivity index is 2.58. The number of rotatable bonds is 6. The topological polar surface area (TPSA) is 45.0 Å². The SMILES string of the molecule is CNCc1cc(OCCC(C)(C)C#N)ccc1Br. The first kappa shape index (κ1) is 15.0. The lowest BCUT2D eigenvalue weighted by molar-refractivity contribution is 0.264. The van der Waals surface area contributed by atoms with Gasteiger partial charge in [0.25, 0.3) is 0 Å². The summed E-state index contributed by atoms with van der Waals surface area (Å²) in [7, 11) is 1.91. The van der Waals surface area contributed by atoms with Crippen molar-refractivity contribution in [1.82, 2.24) is 5.32 Å². The zero-order chi connectivity index (χ0) is 13.6. The molecule has 1 aromatic rings. The van der Waals surface area contributed by atoms with Crippen molar-refractivity contribution in [1.29, 1.82) is 5.26 Å². The first-order chi connectivity index (χ1) is 8.48. The van der Waals surface area contributed by atoms with E-state index in [0.717, 1.165) is 28.8 Å². The molecular formula is C14H19BrN2O. The summed E-state index contributed by atoms with van der Waals surface area (Å²) in [6.45, 7) is 5.19. The molecule has 0 amide bonds. The molecule has 1 rings (SSSR count). The number of nitrogens with zero attached hydrogens (tertiary/aromatic N) is 1. The summed E-state index contributed by atoms with van der Waals surface area (Å²) in [5.74, 6) is 0.845. The number of benzene rings is 1. The van der Waals surface area contributed by atoms with E-state index >= 15 is 0 Å². The molecule has 0 heterocycles. The third-order valence-electron chi connectivity index (χ3n) is 2.68. The maximum Gasteiger partial charge on any atom is 0.119 e. The maximum absolute atomic E-state index is 8.92. The van der Waals surface area contributed by atoms with Gasteiger partial charge in [0.05, 0.1) is 18.1 Å². The van der Waals surface area contributed by atoms with E-state index in [9.17, 15) is 0 Å². The molecule has 3 nitrogen and oxygen atoms in total. The summed E-state index contributed by atoms with van der Waals surface area (Å²) in [6, 6.07) is 8.20. The highest BCUT2D eigenvalue weighted by Crippen LogP contribution is 2.24. The Morgan fingerprint density at radius 3 is 2.78 bits per heavy atom. The van der Waals surface area contributed by atoms with Crippen LogP contribution in [-0.4, -0.2) is 13.7 Å². The highest BCUT2D eigenvalue weighted by molar-refractivity contribution is 9.10. The average molecular weight is 311 g/mol. The Kier molecular flexibility index (Phi) is 5.64. The van der Waals surface area contributed by atoms with E-state index in [1.54, 1.807) is 0 Å². The van der Waals surface area contributed by atoms with Crippen LogP contribution in [-0.2, 0) is 6.54 Å². The van der Waals surface area contributed by atoms with Gasteiger partial charge in [0.15, 0.2) is 0 Å². The second-order valence-corrected chi connectivity index (χ2v) is 5.73. The quantitative estimate of drug-likeness (QED) is 0.875. The second-order valence-electron chi connectivity index (χ2n) is 4.88. The number of nitrogens with one attached hydrogen (secondary N) is 1. The van der Waals surface area contributed by atoms with Crippen LogP contribution in [0.3, 0.4) is 0 Å². The summed E-state index contributed by atoms with van der Waals surface area (Å²) >= 11 is 3.50. The number of hydrogen-bond acceptors (Lipinski definition) is 3. The van der Waals surface area contributed by atoms with E-state index in [0.29, 0.717) is 6.61 Å². The van der Waals surface area contributed by atoms with E-state index in [2.05, 4.69) is 27.3 Å². The van der Waals surface area contributed by atoms with E-state index in [1.807, 2.05) is 39.1 Å². The van der Waals surface area contributed by atoms with Crippen molar-refractivity contribution < 1.29 is 4.74 Å². The Labute approximate surface area is 117 Å². The lowest BCUT2D eigenvalue weighted by Crippen LogP contribution is -2.13. The van der Waals surface area contributed by atoms with Crippen molar-refractivity contribution in [2.24, 2.45) is 5.41 Å². The molecule has 0 aromatic heterocycles. The molecule has 18 heavy (non-hydrogen) atoms. The zero-order valence-corrected chi connectivity index (χ0v) is 12.7. The highest BCUT2D eigenvalue weighted by Gasteiger charge is 2.16. The van der Waals surface area contributed by atoms with E-state index in [1.165, 1.54) is 0 Å². The summed E-state index contributed by atoms with van der Waals surface area (Å²) in [5.41, 5.74) is 0.831. The van der Waals surface area contributed by atoms with Gasteiger partial charge < -0.3 is 10.1 Å².